The number of benzene rings is 2. The average Bonchev–Trinajstić information content (AvgIpc) is 2.87. The van der Waals surface area contributed by atoms with Crippen LogP contribution in [0.5, 0.6) is 11.5 Å². The van der Waals surface area contributed by atoms with Gasteiger partial charge in [-0.2, -0.15) is 0 Å². The van der Waals surface area contributed by atoms with Crippen molar-refractivity contribution in [3.8, 4) is 11.5 Å². The monoisotopic (exact) mass is 538 g/mol. The van der Waals surface area contributed by atoms with E-state index < -0.39 is 0 Å². The number of carbonyl (C=O) groups is 2. The molecule has 0 aliphatic carbocycles. The van der Waals surface area contributed by atoms with Crippen LogP contribution in [0.15, 0.2) is 36.4 Å². The van der Waals surface area contributed by atoms with Gasteiger partial charge < -0.3 is 25.0 Å². The van der Waals surface area contributed by atoms with Crippen LogP contribution in [0.4, 0.5) is 17.2 Å². The van der Waals surface area contributed by atoms with Gasteiger partial charge in [0, 0.05) is 43.1 Å². The number of carbonyl (C=O) groups excluding carboxylic acids is 2. The van der Waals surface area contributed by atoms with E-state index >= 15 is 0 Å². The zero-order chi connectivity index (χ0) is 27.4. The van der Waals surface area contributed by atoms with Gasteiger partial charge in [0.05, 0.1) is 30.4 Å². The number of halogens is 1. The minimum absolute atomic E-state index is 0.00282. The highest BCUT2D eigenvalue weighted by atomic mass is 35.5. The molecule has 0 spiro atoms. The van der Waals surface area contributed by atoms with E-state index in [0.29, 0.717) is 39.7 Å². The van der Waals surface area contributed by atoms with Gasteiger partial charge >= 0.3 is 0 Å². The van der Waals surface area contributed by atoms with Crippen molar-refractivity contribution in [1.82, 2.24) is 4.98 Å². The lowest BCUT2D eigenvalue weighted by molar-refractivity contribution is -0.121. The molecule has 2 heterocycles. The van der Waals surface area contributed by atoms with Crippen LogP contribution in [0.3, 0.4) is 0 Å². The fourth-order valence-electron chi connectivity index (χ4n) is 5.09. The Labute approximate surface area is 228 Å². The third kappa shape index (κ3) is 6.48. The number of ether oxygens (including phenoxy) is 2. The Balaban J connectivity index is 1.37. The molecule has 9 heteroatoms. The van der Waals surface area contributed by atoms with Crippen molar-refractivity contribution in [3.05, 3.63) is 47.0 Å². The normalized spacial score (nSPS) is 17.3. The van der Waals surface area contributed by atoms with Gasteiger partial charge in [0.2, 0.25) is 11.8 Å². The van der Waals surface area contributed by atoms with E-state index in [-0.39, 0.29) is 24.7 Å². The molecule has 1 fully saturated rings. The van der Waals surface area contributed by atoms with Crippen molar-refractivity contribution in [3.63, 3.8) is 0 Å². The van der Waals surface area contributed by atoms with Crippen LogP contribution in [0.1, 0.15) is 38.7 Å². The predicted octanol–water partition coefficient (Wildman–Crippen LogP) is 6.05. The van der Waals surface area contributed by atoms with E-state index in [1.807, 2.05) is 18.2 Å². The van der Waals surface area contributed by atoms with Gasteiger partial charge in [-0.15, -0.1) is 0 Å². The Morgan fingerprint density at radius 3 is 2.29 bits per heavy atom. The summed E-state index contributed by atoms with van der Waals surface area (Å²) in [6, 6.07) is 11.0. The number of pyridine rings is 1. The zero-order valence-electron chi connectivity index (χ0n) is 22.6. The van der Waals surface area contributed by atoms with E-state index in [0.717, 1.165) is 35.4 Å². The number of nitrogens with zero attached hydrogens (tertiary/aromatic N) is 2. The van der Waals surface area contributed by atoms with Crippen LogP contribution in [-0.4, -0.2) is 44.1 Å². The molecule has 1 aliphatic heterocycles. The summed E-state index contributed by atoms with van der Waals surface area (Å²) in [6.45, 7) is 8.69. The van der Waals surface area contributed by atoms with Crippen molar-refractivity contribution in [1.29, 1.82) is 0 Å². The number of methoxy groups -OCH3 is 2. The summed E-state index contributed by atoms with van der Waals surface area (Å²) in [4.78, 5) is 32.4. The minimum Gasteiger partial charge on any atom is -0.495 e. The summed E-state index contributed by atoms with van der Waals surface area (Å²) in [7, 11) is 2.99. The molecule has 2 atom stereocenters. The minimum atomic E-state index is -0.327. The molecule has 0 bridgehead atoms. The van der Waals surface area contributed by atoms with Crippen LogP contribution in [0.25, 0.3) is 10.9 Å². The van der Waals surface area contributed by atoms with Gasteiger partial charge in [-0.3, -0.25) is 9.59 Å². The lowest BCUT2D eigenvalue weighted by Crippen LogP contribution is -2.39. The van der Waals surface area contributed by atoms with Crippen molar-refractivity contribution in [2.75, 3.05) is 42.8 Å². The van der Waals surface area contributed by atoms with Gasteiger partial charge in [0.1, 0.15) is 17.3 Å². The standard InChI is InChI=1S/C29H35ClN4O4/c1-17-10-18(2)16-34(15-17)27-11-19(3)21-12-20(6-7-23(21)32-27)31-28(35)8-9-29(36)33-24-13-22(30)25(37-4)14-26(24)38-5/h6-7,11-14,17-18H,8-10,15-16H2,1-5H3,(H,31,35)(H,33,36)/t17-,18-/m0/s1. The first-order valence-electron chi connectivity index (χ1n) is 12.8. The number of amides is 2. The van der Waals surface area contributed by atoms with E-state index in [9.17, 15) is 9.59 Å². The summed E-state index contributed by atoms with van der Waals surface area (Å²) in [5, 5.41) is 6.98. The lowest BCUT2D eigenvalue weighted by atomic mass is 9.92. The van der Waals surface area contributed by atoms with Crippen molar-refractivity contribution in [2.24, 2.45) is 11.8 Å². The largest absolute Gasteiger partial charge is 0.495 e. The summed E-state index contributed by atoms with van der Waals surface area (Å²) in [5.41, 5.74) is 3.09. The van der Waals surface area contributed by atoms with Gasteiger partial charge in [-0.05, 0) is 61.1 Å². The molecule has 2 N–H and O–H groups in total. The van der Waals surface area contributed by atoms with E-state index in [1.165, 1.54) is 20.6 Å². The molecule has 1 aromatic heterocycles. The third-order valence-corrected chi connectivity index (χ3v) is 7.10. The molecule has 202 valence electrons. The molecule has 0 radical (unpaired) electrons. The van der Waals surface area contributed by atoms with Crippen molar-refractivity contribution in [2.45, 2.75) is 40.0 Å². The quantitative estimate of drug-likeness (QED) is 0.362. The van der Waals surface area contributed by atoms with Crippen LogP contribution in [-0.2, 0) is 9.59 Å². The summed E-state index contributed by atoms with van der Waals surface area (Å²) in [5.74, 6) is 2.57. The highest BCUT2D eigenvalue weighted by molar-refractivity contribution is 6.32. The smallest absolute Gasteiger partial charge is 0.224 e. The number of aromatic nitrogens is 1. The summed E-state index contributed by atoms with van der Waals surface area (Å²) >= 11 is 6.17. The second-order valence-electron chi connectivity index (χ2n) is 10.2. The van der Waals surface area contributed by atoms with E-state index in [1.54, 1.807) is 12.1 Å². The van der Waals surface area contributed by atoms with Crippen LogP contribution < -0.4 is 25.0 Å². The molecular formula is C29H35ClN4O4. The number of fused-ring (bicyclic) bond motifs is 1. The first-order valence-corrected chi connectivity index (χ1v) is 13.2. The molecule has 1 aliphatic rings. The SMILES string of the molecule is COc1cc(OC)c(NC(=O)CCC(=O)Nc2ccc3nc(N4C[C@@H](C)C[C@H](C)C4)cc(C)c3c2)cc1Cl. The number of anilines is 3. The molecule has 3 aromatic rings. The Kier molecular flexibility index (Phi) is 8.62. The maximum atomic E-state index is 12.6. The number of hydrogen-bond acceptors (Lipinski definition) is 6. The number of piperidine rings is 1. The first kappa shape index (κ1) is 27.5. The van der Waals surface area contributed by atoms with Gasteiger partial charge in [-0.25, -0.2) is 4.98 Å². The average molecular weight is 539 g/mol. The highest BCUT2D eigenvalue weighted by Crippen LogP contribution is 2.36. The second-order valence-corrected chi connectivity index (χ2v) is 10.6. The molecule has 1 saturated heterocycles. The van der Waals surface area contributed by atoms with Crippen LogP contribution in [0.2, 0.25) is 5.02 Å². The molecule has 2 amide bonds. The first-order chi connectivity index (χ1) is 18.2. The zero-order valence-corrected chi connectivity index (χ0v) is 23.3. The molecule has 38 heavy (non-hydrogen) atoms. The molecule has 0 saturated carbocycles. The van der Waals surface area contributed by atoms with E-state index in [2.05, 4.69) is 42.4 Å². The maximum Gasteiger partial charge on any atom is 0.224 e. The van der Waals surface area contributed by atoms with Crippen LogP contribution >= 0.6 is 11.6 Å². The Morgan fingerprint density at radius 1 is 0.974 bits per heavy atom. The van der Waals surface area contributed by atoms with Gasteiger partial charge in [0.15, 0.2) is 0 Å². The summed E-state index contributed by atoms with van der Waals surface area (Å²) in [6.07, 6.45) is 1.28. The topological polar surface area (TPSA) is 92.8 Å². The number of rotatable bonds is 8. The van der Waals surface area contributed by atoms with E-state index in [4.69, 9.17) is 26.1 Å². The van der Waals surface area contributed by atoms with Gasteiger partial charge in [-0.1, -0.05) is 25.4 Å². The summed E-state index contributed by atoms with van der Waals surface area (Å²) < 4.78 is 10.5. The molecule has 2 aromatic carbocycles. The number of aryl methyl sites for hydroxylation is 1. The molecule has 0 unspecified atom stereocenters. The fourth-order valence-corrected chi connectivity index (χ4v) is 5.33. The highest BCUT2D eigenvalue weighted by Gasteiger charge is 2.23. The lowest BCUT2D eigenvalue weighted by Gasteiger charge is -2.36. The van der Waals surface area contributed by atoms with Gasteiger partial charge in [0.25, 0.3) is 0 Å². The third-order valence-electron chi connectivity index (χ3n) is 6.81. The van der Waals surface area contributed by atoms with Crippen molar-refractivity contribution >= 4 is 51.5 Å². The Morgan fingerprint density at radius 2 is 1.63 bits per heavy atom. The number of nitrogens with one attached hydrogen (secondary N) is 2. The maximum absolute atomic E-state index is 12.6. The van der Waals surface area contributed by atoms with Crippen LogP contribution in [0, 0.1) is 18.8 Å². The fraction of sp³-hybridized carbons (Fsp3) is 0.414. The number of hydrogen-bond donors (Lipinski definition) is 2. The second kappa shape index (κ2) is 11.9. The molecular weight excluding hydrogens is 504 g/mol. The Bertz CT molecular complexity index is 1340. The molecule has 8 nitrogen and oxygen atoms in total. The predicted molar refractivity (Wildman–Crippen MR) is 153 cm³/mol. The van der Waals surface area contributed by atoms with Crippen molar-refractivity contribution < 1.29 is 19.1 Å². The Hall–Kier alpha value is -3.52. The molecule has 4 rings (SSSR count).